The molecule has 1 aromatic rings. The fourth-order valence-corrected chi connectivity index (χ4v) is 3.19. The number of benzene rings is 1. The minimum absolute atomic E-state index is 0.400. The van der Waals surface area contributed by atoms with E-state index in [0.29, 0.717) is 6.04 Å². The smallest absolute Gasteiger partial charge is 0.127 e. The van der Waals surface area contributed by atoms with Gasteiger partial charge in [0.1, 0.15) is 5.75 Å². The van der Waals surface area contributed by atoms with Crippen LogP contribution in [0.5, 0.6) is 5.75 Å². The number of halogens is 1. The third kappa shape index (κ3) is 3.73. The molecular formula is C16H24BrNO. The third-order valence-electron chi connectivity index (χ3n) is 3.64. The van der Waals surface area contributed by atoms with Crippen molar-refractivity contribution in [3.63, 3.8) is 0 Å². The van der Waals surface area contributed by atoms with Crippen molar-refractivity contribution < 1.29 is 4.74 Å². The van der Waals surface area contributed by atoms with E-state index >= 15 is 0 Å². The van der Waals surface area contributed by atoms with Gasteiger partial charge in [0.05, 0.1) is 6.61 Å². The monoisotopic (exact) mass is 325 g/mol. The standard InChI is InChI=1S/C16H24BrNO/c1-4-18-15(6-5-11(2)3)14-10-13(17)9-12-7-8-19-16(12)14/h9-11,15,18H,4-8H2,1-3H3. The molecule has 1 atom stereocenters. The molecule has 0 saturated heterocycles. The number of hydrogen-bond acceptors (Lipinski definition) is 2. The molecule has 0 radical (unpaired) electrons. The Balaban J connectivity index is 2.25. The fraction of sp³-hybridized carbons (Fsp3) is 0.625. The molecule has 1 aromatic carbocycles. The zero-order valence-electron chi connectivity index (χ0n) is 12.1. The van der Waals surface area contributed by atoms with E-state index in [-0.39, 0.29) is 0 Å². The van der Waals surface area contributed by atoms with Crippen LogP contribution in [0.2, 0.25) is 0 Å². The summed E-state index contributed by atoms with van der Waals surface area (Å²) < 4.78 is 7.02. The van der Waals surface area contributed by atoms with Crippen LogP contribution in [0.15, 0.2) is 16.6 Å². The quantitative estimate of drug-likeness (QED) is 0.833. The molecule has 0 aromatic heterocycles. The predicted octanol–water partition coefficient (Wildman–Crippen LogP) is 4.47. The highest BCUT2D eigenvalue weighted by molar-refractivity contribution is 9.10. The molecule has 0 fully saturated rings. The Morgan fingerprint density at radius 2 is 2.11 bits per heavy atom. The van der Waals surface area contributed by atoms with E-state index in [1.807, 2.05) is 0 Å². The molecule has 19 heavy (non-hydrogen) atoms. The van der Waals surface area contributed by atoms with Crippen molar-refractivity contribution in [1.82, 2.24) is 5.32 Å². The molecule has 1 unspecified atom stereocenters. The maximum absolute atomic E-state index is 5.86. The van der Waals surface area contributed by atoms with E-state index in [9.17, 15) is 0 Å². The summed E-state index contributed by atoms with van der Waals surface area (Å²) in [4.78, 5) is 0. The molecule has 1 heterocycles. The van der Waals surface area contributed by atoms with Crippen molar-refractivity contribution in [2.75, 3.05) is 13.2 Å². The largest absolute Gasteiger partial charge is 0.493 e. The van der Waals surface area contributed by atoms with Gasteiger partial charge in [0, 0.05) is 22.5 Å². The second-order valence-electron chi connectivity index (χ2n) is 5.66. The van der Waals surface area contributed by atoms with Crippen LogP contribution in [0.3, 0.4) is 0 Å². The Morgan fingerprint density at radius 1 is 1.32 bits per heavy atom. The fourth-order valence-electron chi connectivity index (χ4n) is 2.67. The lowest BCUT2D eigenvalue weighted by Gasteiger charge is -2.22. The Bertz CT molecular complexity index is 431. The average Bonchev–Trinajstić information content (AvgIpc) is 2.81. The molecule has 2 rings (SSSR count). The first-order valence-electron chi connectivity index (χ1n) is 7.30. The second kappa shape index (κ2) is 6.76. The van der Waals surface area contributed by atoms with Crippen molar-refractivity contribution in [2.24, 2.45) is 5.92 Å². The van der Waals surface area contributed by atoms with Gasteiger partial charge in [-0.25, -0.2) is 0 Å². The SMILES string of the molecule is CCNC(CCC(C)C)c1cc(Br)cc2c1OCC2. The highest BCUT2D eigenvalue weighted by atomic mass is 79.9. The van der Waals surface area contributed by atoms with E-state index in [2.05, 4.69) is 54.2 Å². The lowest BCUT2D eigenvalue weighted by atomic mass is 9.95. The first kappa shape index (κ1) is 14.9. The second-order valence-corrected chi connectivity index (χ2v) is 6.58. The number of hydrogen-bond donors (Lipinski definition) is 1. The van der Waals surface area contributed by atoms with Gasteiger partial charge < -0.3 is 10.1 Å². The summed E-state index contributed by atoms with van der Waals surface area (Å²) in [5.41, 5.74) is 2.67. The summed E-state index contributed by atoms with van der Waals surface area (Å²) in [6.07, 6.45) is 3.43. The molecule has 2 nitrogen and oxygen atoms in total. The third-order valence-corrected chi connectivity index (χ3v) is 4.09. The van der Waals surface area contributed by atoms with Crippen LogP contribution < -0.4 is 10.1 Å². The molecule has 0 spiro atoms. The van der Waals surface area contributed by atoms with Crippen LogP contribution in [-0.4, -0.2) is 13.2 Å². The van der Waals surface area contributed by atoms with Gasteiger partial charge in [-0.05, 0) is 43.0 Å². The summed E-state index contributed by atoms with van der Waals surface area (Å²) in [6, 6.07) is 4.81. The van der Waals surface area contributed by atoms with Gasteiger partial charge in [-0.1, -0.05) is 36.7 Å². The number of rotatable bonds is 6. The summed E-state index contributed by atoms with van der Waals surface area (Å²) in [5.74, 6) is 1.86. The summed E-state index contributed by atoms with van der Waals surface area (Å²) in [5, 5.41) is 3.61. The zero-order valence-corrected chi connectivity index (χ0v) is 13.7. The normalized spacial score (nSPS) is 15.4. The van der Waals surface area contributed by atoms with Crippen LogP contribution in [0.1, 0.15) is 50.8 Å². The molecule has 0 saturated carbocycles. The Hall–Kier alpha value is -0.540. The van der Waals surface area contributed by atoms with Crippen molar-refractivity contribution in [1.29, 1.82) is 0 Å². The Morgan fingerprint density at radius 3 is 2.79 bits per heavy atom. The maximum Gasteiger partial charge on any atom is 0.127 e. The van der Waals surface area contributed by atoms with Crippen molar-refractivity contribution in [3.05, 3.63) is 27.7 Å². The van der Waals surface area contributed by atoms with Gasteiger partial charge in [-0.3, -0.25) is 0 Å². The van der Waals surface area contributed by atoms with Crippen LogP contribution in [0.4, 0.5) is 0 Å². The molecule has 106 valence electrons. The maximum atomic E-state index is 5.86. The topological polar surface area (TPSA) is 21.3 Å². The molecule has 0 aliphatic carbocycles. The minimum atomic E-state index is 0.400. The molecule has 1 aliphatic heterocycles. The number of ether oxygens (including phenoxy) is 1. The van der Waals surface area contributed by atoms with Crippen LogP contribution in [0.25, 0.3) is 0 Å². The molecule has 0 amide bonds. The van der Waals surface area contributed by atoms with Crippen LogP contribution in [-0.2, 0) is 6.42 Å². The predicted molar refractivity (Wildman–Crippen MR) is 83.8 cm³/mol. The van der Waals surface area contributed by atoms with Crippen LogP contribution >= 0.6 is 15.9 Å². The van der Waals surface area contributed by atoms with Gasteiger partial charge >= 0.3 is 0 Å². The van der Waals surface area contributed by atoms with E-state index in [1.165, 1.54) is 22.0 Å². The van der Waals surface area contributed by atoms with Crippen LogP contribution in [0, 0.1) is 5.92 Å². The van der Waals surface area contributed by atoms with Crippen molar-refractivity contribution in [2.45, 2.75) is 46.1 Å². The Labute approximate surface area is 125 Å². The lowest BCUT2D eigenvalue weighted by Crippen LogP contribution is -2.22. The lowest BCUT2D eigenvalue weighted by molar-refractivity contribution is 0.344. The van der Waals surface area contributed by atoms with E-state index in [0.717, 1.165) is 37.7 Å². The molecule has 1 N–H and O–H groups in total. The minimum Gasteiger partial charge on any atom is -0.493 e. The van der Waals surface area contributed by atoms with E-state index in [4.69, 9.17) is 4.74 Å². The first-order valence-corrected chi connectivity index (χ1v) is 8.09. The highest BCUT2D eigenvalue weighted by Crippen LogP contribution is 2.38. The van der Waals surface area contributed by atoms with Crippen molar-refractivity contribution >= 4 is 15.9 Å². The van der Waals surface area contributed by atoms with Gasteiger partial charge in [0.25, 0.3) is 0 Å². The first-order chi connectivity index (χ1) is 9.11. The van der Waals surface area contributed by atoms with Crippen molar-refractivity contribution in [3.8, 4) is 5.75 Å². The van der Waals surface area contributed by atoms with Gasteiger partial charge in [0.15, 0.2) is 0 Å². The number of nitrogens with one attached hydrogen (secondary N) is 1. The molecular weight excluding hydrogens is 302 g/mol. The summed E-state index contributed by atoms with van der Waals surface area (Å²) in [6.45, 7) is 8.54. The molecule has 0 bridgehead atoms. The van der Waals surface area contributed by atoms with E-state index in [1.54, 1.807) is 0 Å². The average molecular weight is 326 g/mol. The van der Waals surface area contributed by atoms with E-state index < -0.39 is 0 Å². The highest BCUT2D eigenvalue weighted by Gasteiger charge is 2.22. The van der Waals surface area contributed by atoms with Gasteiger partial charge in [-0.15, -0.1) is 0 Å². The van der Waals surface area contributed by atoms with Gasteiger partial charge in [-0.2, -0.15) is 0 Å². The zero-order chi connectivity index (χ0) is 13.8. The Kier molecular flexibility index (Phi) is 5.28. The molecule has 1 aliphatic rings. The number of fused-ring (bicyclic) bond motifs is 1. The summed E-state index contributed by atoms with van der Waals surface area (Å²) in [7, 11) is 0. The van der Waals surface area contributed by atoms with Gasteiger partial charge in [0.2, 0.25) is 0 Å². The summed E-state index contributed by atoms with van der Waals surface area (Å²) >= 11 is 3.63. The molecule has 3 heteroatoms.